The van der Waals surface area contributed by atoms with Crippen LogP contribution < -0.4 is 0 Å². The zero-order chi connectivity index (χ0) is 9.10. The van der Waals surface area contributed by atoms with E-state index in [2.05, 4.69) is 4.98 Å². The summed E-state index contributed by atoms with van der Waals surface area (Å²) in [7, 11) is 0. The van der Waals surface area contributed by atoms with Crippen LogP contribution in [0.2, 0.25) is 0 Å². The molecule has 0 radical (unpaired) electrons. The molecule has 2 atom stereocenters. The molecular formula is C8H11NO3S. The number of aliphatic hydroxyl groups excluding tert-OH is 1. The Morgan fingerprint density at radius 3 is 3.23 bits per heavy atom. The maximum Gasteiger partial charge on any atom is 0.164 e. The van der Waals surface area contributed by atoms with E-state index in [9.17, 15) is 0 Å². The van der Waals surface area contributed by atoms with Crippen molar-refractivity contribution in [2.24, 2.45) is 0 Å². The summed E-state index contributed by atoms with van der Waals surface area (Å²) in [6.07, 6.45) is 2.04. The van der Waals surface area contributed by atoms with Gasteiger partial charge in [0.25, 0.3) is 0 Å². The number of hydrogen-bond acceptors (Lipinski definition) is 5. The predicted octanol–water partition coefficient (Wildman–Crippen LogP) is 0.419. The van der Waals surface area contributed by atoms with Gasteiger partial charge in [-0.3, -0.25) is 0 Å². The zero-order valence-electron chi connectivity index (χ0n) is 7.05. The van der Waals surface area contributed by atoms with E-state index < -0.39 is 0 Å². The second-order valence-corrected chi connectivity index (χ2v) is 3.81. The molecule has 1 aliphatic rings. The van der Waals surface area contributed by atoms with Gasteiger partial charge in [-0.2, -0.15) is 0 Å². The van der Waals surface area contributed by atoms with E-state index >= 15 is 0 Å². The summed E-state index contributed by atoms with van der Waals surface area (Å²) in [5.74, 6) is 0. The third kappa shape index (κ3) is 2.25. The Hall–Kier alpha value is -0.490. The van der Waals surface area contributed by atoms with Crippen molar-refractivity contribution >= 4 is 11.3 Å². The van der Waals surface area contributed by atoms with Crippen LogP contribution in [0.1, 0.15) is 5.01 Å². The van der Waals surface area contributed by atoms with E-state index in [1.807, 2.05) is 5.38 Å². The second kappa shape index (κ2) is 4.15. The highest BCUT2D eigenvalue weighted by molar-refractivity contribution is 7.09. The maximum atomic E-state index is 8.79. The first-order chi connectivity index (χ1) is 6.38. The second-order valence-electron chi connectivity index (χ2n) is 2.83. The number of nitrogens with zero attached hydrogens (tertiary/aromatic N) is 1. The van der Waals surface area contributed by atoms with Crippen LogP contribution in [0, 0.1) is 0 Å². The first-order valence-electron chi connectivity index (χ1n) is 4.15. The summed E-state index contributed by atoms with van der Waals surface area (Å²) < 4.78 is 10.7. The molecule has 0 aliphatic carbocycles. The Labute approximate surface area is 80.1 Å². The summed E-state index contributed by atoms with van der Waals surface area (Å²) in [6, 6.07) is 0. The van der Waals surface area contributed by atoms with Gasteiger partial charge in [0, 0.05) is 11.6 Å². The van der Waals surface area contributed by atoms with Gasteiger partial charge in [-0.25, -0.2) is 4.98 Å². The summed E-state index contributed by atoms with van der Waals surface area (Å²) in [6.45, 7) is 0.501. The molecule has 2 unspecified atom stereocenters. The molecule has 1 aromatic rings. The van der Waals surface area contributed by atoms with E-state index in [-0.39, 0.29) is 19.0 Å². The highest BCUT2D eigenvalue weighted by Crippen LogP contribution is 2.16. The third-order valence-electron chi connectivity index (χ3n) is 1.84. The largest absolute Gasteiger partial charge is 0.394 e. The van der Waals surface area contributed by atoms with Gasteiger partial charge in [0.15, 0.2) is 6.29 Å². The number of aliphatic hydroxyl groups is 1. The molecule has 1 saturated heterocycles. The highest BCUT2D eigenvalue weighted by atomic mass is 32.1. The van der Waals surface area contributed by atoms with Crippen molar-refractivity contribution in [3.8, 4) is 0 Å². The number of hydrogen-bond donors (Lipinski definition) is 1. The molecule has 72 valence electrons. The SMILES string of the molecule is OCC1COC(Cc2nccs2)O1. The molecule has 4 nitrogen and oxygen atoms in total. The molecule has 1 aromatic heterocycles. The van der Waals surface area contributed by atoms with E-state index in [1.54, 1.807) is 17.5 Å². The van der Waals surface area contributed by atoms with E-state index in [0.29, 0.717) is 13.0 Å². The predicted molar refractivity (Wildman–Crippen MR) is 47.5 cm³/mol. The summed E-state index contributed by atoms with van der Waals surface area (Å²) in [4.78, 5) is 4.13. The fourth-order valence-electron chi connectivity index (χ4n) is 1.21. The molecule has 0 aromatic carbocycles. The molecule has 1 fully saturated rings. The average Bonchev–Trinajstić information content (AvgIpc) is 2.76. The topological polar surface area (TPSA) is 51.6 Å². The van der Waals surface area contributed by atoms with Gasteiger partial charge in [0.05, 0.1) is 24.6 Å². The molecule has 0 bridgehead atoms. The Morgan fingerprint density at radius 1 is 1.69 bits per heavy atom. The molecule has 0 spiro atoms. The number of aromatic nitrogens is 1. The maximum absolute atomic E-state index is 8.79. The van der Waals surface area contributed by atoms with Crippen LogP contribution in [-0.2, 0) is 15.9 Å². The minimum Gasteiger partial charge on any atom is -0.394 e. The average molecular weight is 201 g/mol. The summed E-state index contributed by atoms with van der Waals surface area (Å²) in [5, 5.41) is 11.7. The van der Waals surface area contributed by atoms with Gasteiger partial charge >= 0.3 is 0 Å². The highest BCUT2D eigenvalue weighted by Gasteiger charge is 2.25. The molecular weight excluding hydrogens is 190 g/mol. The van der Waals surface area contributed by atoms with Gasteiger partial charge in [0.2, 0.25) is 0 Å². The van der Waals surface area contributed by atoms with Gasteiger partial charge in [-0.1, -0.05) is 0 Å². The molecule has 1 aliphatic heterocycles. The van der Waals surface area contributed by atoms with Crippen LogP contribution in [0.15, 0.2) is 11.6 Å². The molecule has 2 rings (SSSR count). The first-order valence-corrected chi connectivity index (χ1v) is 5.02. The molecule has 5 heteroatoms. The van der Waals surface area contributed by atoms with Crippen molar-refractivity contribution < 1.29 is 14.6 Å². The van der Waals surface area contributed by atoms with Crippen molar-refractivity contribution in [2.45, 2.75) is 18.8 Å². The normalized spacial score (nSPS) is 28.1. The Bertz CT molecular complexity index is 252. The molecule has 13 heavy (non-hydrogen) atoms. The van der Waals surface area contributed by atoms with Crippen LogP contribution in [0.5, 0.6) is 0 Å². The third-order valence-corrected chi connectivity index (χ3v) is 2.64. The Morgan fingerprint density at radius 2 is 2.62 bits per heavy atom. The van der Waals surface area contributed by atoms with Crippen LogP contribution in [-0.4, -0.2) is 35.7 Å². The fourth-order valence-corrected chi connectivity index (χ4v) is 1.84. The summed E-state index contributed by atoms with van der Waals surface area (Å²) in [5.41, 5.74) is 0. The van der Waals surface area contributed by atoms with E-state index in [1.165, 1.54) is 0 Å². The van der Waals surface area contributed by atoms with Crippen molar-refractivity contribution in [3.05, 3.63) is 16.6 Å². The fraction of sp³-hybridized carbons (Fsp3) is 0.625. The van der Waals surface area contributed by atoms with Gasteiger partial charge in [-0.15, -0.1) is 11.3 Å². The molecule has 0 saturated carbocycles. The van der Waals surface area contributed by atoms with Crippen LogP contribution in [0.3, 0.4) is 0 Å². The van der Waals surface area contributed by atoms with E-state index in [4.69, 9.17) is 14.6 Å². The van der Waals surface area contributed by atoms with Gasteiger partial charge < -0.3 is 14.6 Å². The Kier molecular flexibility index (Phi) is 2.90. The lowest BCUT2D eigenvalue weighted by molar-refractivity contribution is -0.0632. The lowest BCUT2D eigenvalue weighted by atomic mass is 10.4. The summed E-state index contributed by atoms with van der Waals surface area (Å²) >= 11 is 1.58. The molecule has 2 heterocycles. The van der Waals surface area contributed by atoms with Crippen molar-refractivity contribution in [3.63, 3.8) is 0 Å². The zero-order valence-corrected chi connectivity index (χ0v) is 7.87. The number of ether oxygens (including phenoxy) is 2. The minimum atomic E-state index is -0.233. The van der Waals surface area contributed by atoms with Crippen molar-refractivity contribution in [1.29, 1.82) is 0 Å². The van der Waals surface area contributed by atoms with Gasteiger partial charge in [-0.05, 0) is 0 Å². The standard InChI is InChI=1S/C8H11NO3S/c10-4-6-5-11-8(12-6)3-7-9-1-2-13-7/h1-2,6,8,10H,3-5H2. The quantitative estimate of drug-likeness (QED) is 0.770. The lowest BCUT2D eigenvalue weighted by Crippen LogP contribution is -2.17. The van der Waals surface area contributed by atoms with Gasteiger partial charge in [0.1, 0.15) is 6.10 Å². The van der Waals surface area contributed by atoms with E-state index in [0.717, 1.165) is 5.01 Å². The van der Waals surface area contributed by atoms with Crippen LogP contribution in [0.25, 0.3) is 0 Å². The number of thiazole rings is 1. The van der Waals surface area contributed by atoms with Crippen molar-refractivity contribution in [1.82, 2.24) is 4.98 Å². The monoisotopic (exact) mass is 201 g/mol. The van der Waals surface area contributed by atoms with Crippen LogP contribution in [0.4, 0.5) is 0 Å². The Balaban J connectivity index is 1.84. The smallest absolute Gasteiger partial charge is 0.164 e. The number of rotatable bonds is 3. The molecule has 1 N–H and O–H groups in total. The minimum absolute atomic E-state index is 0.0222. The molecule has 0 amide bonds. The lowest BCUT2D eigenvalue weighted by Gasteiger charge is -2.07. The van der Waals surface area contributed by atoms with Crippen LogP contribution >= 0.6 is 11.3 Å². The first kappa shape index (κ1) is 9.08. The van der Waals surface area contributed by atoms with Crippen molar-refractivity contribution in [2.75, 3.05) is 13.2 Å².